The van der Waals surface area contributed by atoms with Crippen LogP contribution >= 0.6 is 11.6 Å². The second-order valence-corrected chi connectivity index (χ2v) is 5.18. The van der Waals surface area contributed by atoms with Crippen molar-refractivity contribution in [2.45, 2.75) is 0 Å². The number of methoxy groups -OCH3 is 1. The van der Waals surface area contributed by atoms with Gasteiger partial charge in [-0.3, -0.25) is 0 Å². The number of aromatic nitrogens is 2. The minimum atomic E-state index is -0.556. The summed E-state index contributed by atoms with van der Waals surface area (Å²) in [6.07, 6.45) is 0. The fraction of sp³-hybridized carbons (Fsp3) is 0.0588. The van der Waals surface area contributed by atoms with E-state index in [1.807, 2.05) is 6.07 Å². The maximum Gasteiger partial charge on any atom is 0.358 e. The summed E-state index contributed by atoms with van der Waals surface area (Å²) in [5, 5.41) is 4.76. The molecule has 23 heavy (non-hydrogen) atoms. The highest BCUT2D eigenvalue weighted by molar-refractivity contribution is 6.32. The molecular weight excluding hydrogens is 319 g/mol. The Hall–Kier alpha value is -2.66. The van der Waals surface area contributed by atoms with Crippen LogP contribution in [0.2, 0.25) is 5.02 Å². The minimum Gasteiger partial charge on any atom is -0.464 e. The summed E-state index contributed by atoms with van der Waals surface area (Å²) in [7, 11) is 1.29. The number of halogens is 2. The van der Waals surface area contributed by atoms with Crippen molar-refractivity contribution < 1.29 is 13.9 Å². The molecule has 0 aliphatic rings. The van der Waals surface area contributed by atoms with Gasteiger partial charge in [0.1, 0.15) is 5.82 Å². The smallest absolute Gasteiger partial charge is 0.358 e. The Labute approximate surface area is 137 Å². The Morgan fingerprint density at radius 3 is 2.52 bits per heavy atom. The van der Waals surface area contributed by atoms with E-state index >= 15 is 0 Å². The Balaban J connectivity index is 2.21. The van der Waals surface area contributed by atoms with Gasteiger partial charge in [0.25, 0.3) is 0 Å². The highest BCUT2D eigenvalue weighted by Crippen LogP contribution is 2.28. The fourth-order valence-corrected chi connectivity index (χ4v) is 2.43. The van der Waals surface area contributed by atoms with Crippen molar-refractivity contribution in [1.29, 1.82) is 0 Å². The number of hydrogen-bond donors (Lipinski definition) is 0. The summed E-state index contributed by atoms with van der Waals surface area (Å²) < 4.78 is 19.4. The van der Waals surface area contributed by atoms with Crippen molar-refractivity contribution in [2.75, 3.05) is 7.11 Å². The SMILES string of the molecule is COC(=O)c1cc(-c2ccc(F)cc2)n(-c2ccccc2Cl)n1. The van der Waals surface area contributed by atoms with Crippen LogP contribution in [0.15, 0.2) is 54.6 Å². The first-order valence-corrected chi connectivity index (χ1v) is 7.17. The van der Waals surface area contributed by atoms with E-state index in [2.05, 4.69) is 5.10 Å². The van der Waals surface area contributed by atoms with Crippen LogP contribution in [0.1, 0.15) is 10.5 Å². The second kappa shape index (κ2) is 6.22. The molecule has 0 spiro atoms. The van der Waals surface area contributed by atoms with Gasteiger partial charge >= 0.3 is 5.97 Å². The normalized spacial score (nSPS) is 10.6. The molecule has 6 heteroatoms. The Kier molecular flexibility index (Phi) is 4.12. The van der Waals surface area contributed by atoms with Gasteiger partial charge in [-0.2, -0.15) is 5.10 Å². The molecule has 3 aromatic rings. The van der Waals surface area contributed by atoms with Crippen LogP contribution < -0.4 is 0 Å². The molecule has 1 aromatic heterocycles. The van der Waals surface area contributed by atoms with E-state index in [9.17, 15) is 9.18 Å². The lowest BCUT2D eigenvalue weighted by molar-refractivity contribution is 0.0593. The predicted molar refractivity (Wildman–Crippen MR) is 85.3 cm³/mol. The summed E-state index contributed by atoms with van der Waals surface area (Å²) in [6, 6.07) is 14.6. The first-order valence-electron chi connectivity index (χ1n) is 6.79. The van der Waals surface area contributed by atoms with Crippen molar-refractivity contribution >= 4 is 17.6 Å². The van der Waals surface area contributed by atoms with Crippen LogP contribution in [-0.2, 0) is 4.74 Å². The number of esters is 1. The quantitative estimate of drug-likeness (QED) is 0.679. The third-order valence-corrected chi connectivity index (χ3v) is 3.64. The summed E-state index contributed by atoms with van der Waals surface area (Å²) >= 11 is 6.23. The molecule has 0 radical (unpaired) electrons. The molecule has 1 heterocycles. The standard InChI is InChI=1S/C17H12ClFN2O2/c1-23-17(22)14-10-16(11-6-8-12(19)9-7-11)21(20-14)15-5-3-2-4-13(15)18/h2-10H,1H3. The van der Waals surface area contributed by atoms with Gasteiger partial charge in [0.15, 0.2) is 5.69 Å². The van der Waals surface area contributed by atoms with Crippen molar-refractivity contribution in [3.63, 3.8) is 0 Å². The summed E-state index contributed by atoms with van der Waals surface area (Å²) in [6.45, 7) is 0. The zero-order chi connectivity index (χ0) is 16.4. The van der Waals surface area contributed by atoms with Crippen LogP contribution in [0, 0.1) is 5.82 Å². The lowest BCUT2D eigenvalue weighted by atomic mass is 10.1. The highest BCUT2D eigenvalue weighted by Gasteiger charge is 2.18. The van der Waals surface area contributed by atoms with Gasteiger partial charge in [-0.1, -0.05) is 23.7 Å². The monoisotopic (exact) mass is 330 g/mol. The Morgan fingerprint density at radius 1 is 1.17 bits per heavy atom. The average Bonchev–Trinajstić information content (AvgIpc) is 3.00. The Bertz CT molecular complexity index is 859. The number of nitrogens with zero attached hydrogens (tertiary/aromatic N) is 2. The fourth-order valence-electron chi connectivity index (χ4n) is 2.22. The maximum atomic E-state index is 13.2. The molecule has 0 fully saturated rings. The summed E-state index contributed by atoms with van der Waals surface area (Å²) in [5.41, 5.74) is 2.07. The van der Waals surface area contributed by atoms with Crippen molar-refractivity contribution in [2.24, 2.45) is 0 Å². The molecule has 3 rings (SSSR count). The number of ether oxygens (including phenoxy) is 1. The zero-order valence-corrected chi connectivity index (χ0v) is 12.9. The average molecular weight is 331 g/mol. The van der Waals surface area contributed by atoms with E-state index in [0.29, 0.717) is 22.0 Å². The van der Waals surface area contributed by atoms with Gasteiger partial charge in [-0.15, -0.1) is 0 Å². The van der Waals surface area contributed by atoms with E-state index in [1.165, 1.54) is 19.2 Å². The van der Waals surface area contributed by atoms with Gasteiger partial charge in [-0.25, -0.2) is 13.9 Å². The molecule has 0 aliphatic carbocycles. The van der Waals surface area contributed by atoms with E-state index in [0.717, 1.165) is 0 Å². The summed E-state index contributed by atoms with van der Waals surface area (Å²) in [4.78, 5) is 11.8. The number of carbonyl (C=O) groups excluding carboxylic acids is 1. The number of rotatable bonds is 3. The maximum absolute atomic E-state index is 13.2. The third kappa shape index (κ3) is 2.96. The van der Waals surface area contributed by atoms with Crippen molar-refractivity contribution in [3.05, 3.63) is 71.1 Å². The molecular formula is C17H12ClFN2O2. The molecule has 0 unspecified atom stereocenters. The van der Waals surface area contributed by atoms with Gasteiger partial charge in [0.2, 0.25) is 0 Å². The predicted octanol–water partition coefficient (Wildman–Crippen LogP) is 4.12. The molecule has 0 aliphatic heterocycles. The molecule has 2 aromatic carbocycles. The molecule has 0 bridgehead atoms. The molecule has 0 saturated heterocycles. The largest absolute Gasteiger partial charge is 0.464 e. The summed E-state index contributed by atoms with van der Waals surface area (Å²) in [5.74, 6) is -0.898. The van der Waals surface area contributed by atoms with Gasteiger partial charge < -0.3 is 4.74 Å². The van der Waals surface area contributed by atoms with Crippen molar-refractivity contribution in [1.82, 2.24) is 9.78 Å². The highest BCUT2D eigenvalue weighted by atomic mass is 35.5. The molecule has 0 saturated carbocycles. The van der Waals surface area contributed by atoms with E-state index in [1.54, 1.807) is 41.1 Å². The number of hydrogen-bond acceptors (Lipinski definition) is 3. The second-order valence-electron chi connectivity index (χ2n) is 4.78. The first kappa shape index (κ1) is 15.2. The van der Waals surface area contributed by atoms with Crippen LogP contribution in [0.4, 0.5) is 4.39 Å². The molecule has 0 atom stereocenters. The van der Waals surface area contributed by atoms with Gasteiger partial charge in [-0.05, 0) is 42.5 Å². The van der Waals surface area contributed by atoms with Crippen LogP contribution in [-0.4, -0.2) is 22.9 Å². The molecule has 116 valence electrons. The van der Waals surface area contributed by atoms with Crippen LogP contribution in [0.5, 0.6) is 0 Å². The van der Waals surface area contributed by atoms with E-state index in [4.69, 9.17) is 16.3 Å². The van der Waals surface area contributed by atoms with E-state index in [-0.39, 0.29) is 11.5 Å². The lowest BCUT2D eigenvalue weighted by Gasteiger charge is -2.09. The molecule has 0 N–H and O–H groups in total. The van der Waals surface area contributed by atoms with Gasteiger partial charge in [0.05, 0.1) is 23.5 Å². The molecule has 4 nitrogen and oxygen atoms in total. The Morgan fingerprint density at radius 2 is 1.87 bits per heavy atom. The van der Waals surface area contributed by atoms with Gasteiger partial charge in [0, 0.05) is 5.56 Å². The third-order valence-electron chi connectivity index (χ3n) is 3.32. The lowest BCUT2D eigenvalue weighted by Crippen LogP contribution is -2.04. The topological polar surface area (TPSA) is 44.1 Å². The number of carbonyl (C=O) groups is 1. The van der Waals surface area contributed by atoms with E-state index < -0.39 is 5.97 Å². The van der Waals surface area contributed by atoms with Crippen molar-refractivity contribution in [3.8, 4) is 16.9 Å². The minimum absolute atomic E-state index is 0.145. The van der Waals surface area contributed by atoms with Crippen LogP contribution in [0.25, 0.3) is 16.9 Å². The first-order chi connectivity index (χ1) is 11.1. The number of benzene rings is 2. The molecule has 0 amide bonds. The van der Waals surface area contributed by atoms with Crippen LogP contribution in [0.3, 0.4) is 0 Å². The zero-order valence-electron chi connectivity index (χ0n) is 12.2. The number of para-hydroxylation sites is 1.